The first kappa shape index (κ1) is 16.2. The number of hydrogen-bond acceptors (Lipinski definition) is 3. The van der Waals surface area contributed by atoms with Gasteiger partial charge in [-0.2, -0.15) is 0 Å². The number of amides is 1. The van der Waals surface area contributed by atoms with Crippen molar-refractivity contribution in [1.82, 2.24) is 5.32 Å². The number of carboxylic acid groups (broad SMARTS) is 1. The average Bonchev–Trinajstić information content (AvgIpc) is 2.84. The second-order valence-corrected chi connectivity index (χ2v) is 6.74. The summed E-state index contributed by atoms with van der Waals surface area (Å²) in [6, 6.07) is 8.25. The molecule has 2 aromatic rings. The van der Waals surface area contributed by atoms with E-state index in [0.717, 1.165) is 20.9 Å². The van der Waals surface area contributed by atoms with Gasteiger partial charge in [-0.05, 0) is 49.6 Å². The van der Waals surface area contributed by atoms with Gasteiger partial charge in [0, 0.05) is 9.75 Å². The zero-order valence-electron chi connectivity index (χ0n) is 12.8. The Kier molecular flexibility index (Phi) is 4.98. The van der Waals surface area contributed by atoms with E-state index in [1.807, 2.05) is 45.0 Å². The van der Waals surface area contributed by atoms with E-state index in [1.165, 1.54) is 0 Å². The molecule has 0 fully saturated rings. The third-order valence-corrected chi connectivity index (χ3v) is 4.55. The van der Waals surface area contributed by atoms with E-state index >= 15 is 0 Å². The molecule has 0 aliphatic rings. The number of rotatable bonds is 5. The van der Waals surface area contributed by atoms with Crippen molar-refractivity contribution in [2.75, 3.05) is 0 Å². The van der Waals surface area contributed by atoms with Crippen LogP contribution in [0.25, 0.3) is 0 Å². The highest BCUT2D eigenvalue weighted by atomic mass is 32.1. The van der Waals surface area contributed by atoms with Gasteiger partial charge in [-0.25, -0.2) is 4.79 Å². The molecule has 1 atom stereocenters. The van der Waals surface area contributed by atoms with Crippen molar-refractivity contribution in [3.05, 3.63) is 56.8 Å². The first-order valence-electron chi connectivity index (χ1n) is 7.01. The van der Waals surface area contributed by atoms with Crippen LogP contribution in [0.1, 0.15) is 32.5 Å². The Hall–Kier alpha value is -2.14. The largest absolute Gasteiger partial charge is 0.479 e. The molecule has 1 amide bonds. The van der Waals surface area contributed by atoms with Crippen molar-refractivity contribution in [1.29, 1.82) is 0 Å². The van der Waals surface area contributed by atoms with Crippen LogP contribution in [0.15, 0.2) is 30.3 Å². The summed E-state index contributed by atoms with van der Waals surface area (Å²) in [5.41, 5.74) is 2.69. The van der Waals surface area contributed by atoms with Crippen LogP contribution in [0.3, 0.4) is 0 Å². The number of nitrogens with one attached hydrogen (secondary N) is 1. The molecule has 0 spiro atoms. The summed E-state index contributed by atoms with van der Waals surface area (Å²) in [5.74, 6) is -1.34. The molecule has 1 heterocycles. The number of thiophene rings is 1. The quantitative estimate of drug-likeness (QED) is 0.890. The number of benzene rings is 1. The summed E-state index contributed by atoms with van der Waals surface area (Å²) in [5, 5.41) is 12.0. The van der Waals surface area contributed by atoms with Gasteiger partial charge < -0.3 is 10.4 Å². The van der Waals surface area contributed by atoms with Crippen LogP contribution in [-0.4, -0.2) is 17.0 Å². The highest BCUT2D eigenvalue weighted by Gasteiger charge is 2.22. The van der Waals surface area contributed by atoms with Crippen LogP contribution in [-0.2, 0) is 16.0 Å². The maximum atomic E-state index is 12.1. The average molecular weight is 317 g/mol. The maximum Gasteiger partial charge on any atom is 0.330 e. The first-order chi connectivity index (χ1) is 10.4. The van der Waals surface area contributed by atoms with E-state index in [4.69, 9.17) is 0 Å². The van der Waals surface area contributed by atoms with Crippen molar-refractivity contribution >= 4 is 23.2 Å². The van der Waals surface area contributed by atoms with Crippen LogP contribution in [0.4, 0.5) is 0 Å². The van der Waals surface area contributed by atoms with Gasteiger partial charge >= 0.3 is 5.97 Å². The second-order valence-electron chi connectivity index (χ2n) is 5.37. The summed E-state index contributed by atoms with van der Waals surface area (Å²) in [6.07, 6.45) is 0.202. The lowest BCUT2D eigenvalue weighted by molar-refractivity contribution is -0.141. The summed E-state index contributed by atoms with van der Waals surface area (Å²) in [7, 11) is 0. The highest BCUT2D eigenvalue weighted by molar-refractivity contribution is 7.12. The Bertz CT molecular complexity index is 706. The molecule has 4 nitrogen and oxygen atoms in total. The fourth-order valence-corrected chi connectivity index (χ4v) is 3.07. The molecule has 1 unspecified atom stereocenters. The maximum absolute atomic E-state index is 12.1. The molecule has 0 saturated carbocycles. The van der Waals surface area contributed by atoms with Gasteiger partial charge in [0.15, 0.2) is 6.04 Å². The topological polar surface area (TPSA) is 66.4 Å². The number of carbonyl (C=O) groups is 2. The van der Waals surface area contributed by atoms with E-state index in [9.17, 15) is 14.7 Å². The zero-order chi connectivity index (χ0) is 16.3. The second kappa shape index (κ2) is 6.75. The van der Waals surface area contributed by atoms with Crippen LogP contribution < -0.4 is 5.32 Å². The number of carboxylic acids is 1. The van der Waals surface area contributed by atoms with Gasteiger partial charge in [-0.1, -0.05) is 18.2 Å². The molecule has 0 aliphatic carbocycles. The molecule has 0 aliphatic heterocycles. The van der Waals surface area contributed by atoms with Gasteiger partial charge in [-0.15, -0.1) is 11.3 Å². The van der Waals surface area contributed by atoms with E-state index in [2.05, 4.69) is 5.32 Å². The third-order valence-electron chi connectivity index (χ3n) is 3.55. The number of hydrogen-bond donors (Lipinski definition) is 2. The molecule has 1 aromatic heterocycles. The summed E-state index contributed by atoms with van der Waals surface area (Å²) in [6.45, 7) is 5.86. The normalized spacial score (nSPS) is 12.0. The lowest BCUT2D eigenvalue weighted by atomic mass is 10.0. The zero-order valence-corrected chi connectivity index (χ0v) is 13.7. The summed E-state index contributed by atoms with van der Waals surface area (Å²) >= 11 is 1.54. The highest BCUT2D eigenvalue weighted by Crippen LogP contribution is 2.19. The van der Waals surface area contributed by atoms with Crippen LogP contribution in [0.5, 0.6) is 0 Å². The standard InChI is InChI=1S/C17H19NO3S/c1-10-4-6-13(8-11(10)2)16(17(20)21)18-15(19)9-14-7-5-12(3)22-14/h4-8,16H,9H2,1-3H3,(H,18,19)(H,20,21). The van der Waals surface area contributed by atoms with Crippen LogP contribution >= 0.6 is 11.3 Å². The minimum absolute atomic E-state index is 0.202. The fourth-order valence-electron chi connectivity index (χ4n) is 2.18. The lowest BCUT2D eigenvalue weighted by Gasteiger charge is -2.16. The molecule has 0 bridgehead atoms. The smallest absolute Gasteiger partial charge is 0.330 e. The summed E-state index contributed by atoms with van der Waals surface area (Å²) < 4.78 is 0. The SMILES string of the molecule is Cc1ccc(CC(=O)NC(C(=O)O)c2ccc(C)c(C)c2)s1. The van der Waals surface area contributed by atoms with Gasteiger partial charge in [0.2, 0.25) is 5.91 Å². The van der Waals surface area contributed by atoms with E-state index in [-0.39, 0.29) is 12.3 Å². The predicted octanol–water partition coefficient (Wildman–Crippen LogP) is 3.16. The summed E-state index contributed by atoms with van der Waals surface area (Å²) in [4.78, 5) is 25.6. The van der Waals surface area contributed by atoms with Gasteiger partial charge in [0.25, 0.3) is 0 Å². The minimum atomic E-state index is -1.06. The third kappa shape index (κ3) is 3.95. The Morgan fingerprint density at radius 3 is 2.41 bits per heavy atom. The van der Waals surface area contributed by atoms with Gasteiger partial charge in [-0.3, -0.25) is 4.79 Å². The molecule has 2 N–H and O–H groups in total. The Morgan fingerprint density at radius 2 is 1.86 bits per heavy atom. The van der Waals surface area contributed by atoms with Crippen molar-refractivity contribution in [3.8, 4) is 0 Å². The molecular formula is C17H19NO3S. The molecule has 0 radical (unpaired) electrons. The Balaban J connectivity index is 2.13. The van der Waals surface area contributed by atoms with Crippen LogP contribution in [0, 0.1) is 20.8 Å². The number of aliphatic carboxylic acids is 1. The number of aryl methyl sites for hydroxylation is 3. The van der Waals surface area contributed by atoms with Crippen LogP contribution in [0.2, 0.25) is 0 Å². The van der Waals surface area contributed by atoms with Gasteiger partial charge in [0.1, 0.15) is 0 Å². The Labute approximate surface area is 133 Å². The minimum Gasteiger partial charge on any atom is -0.479 e. The van der Waals surface area contributed by atoms with E-state index in [0.29, 0.717) is 5.56 Å². The molecule has 22 heavy (non-hydrogen) atoms. The molecule has 2 rings (SSSR count). The first-order valence-corrected chi connectivity index (χ1v) is 7.83. The van der Waals surface area contributed by atoms with Crippen molar-refractivity contribution in [2.45, 2.75) is 33.2 Å². The van der Waals surface area contributed by atoms with E-state index in [1.54, 1.807) is 17.4 Å². The molecule has 116 valence electrons. The Morgan fingerprint density at radius 1 is 1.14 bits per heavy atom. The van der Waals surface area contributed by atoms with Crippen molar-refractivity contribution < 1.29 is 14.7 Å². The predicted molar refractivity (Wildman–Crippen MR) is 87.2 cm³/mol. The molecular weight excluding hydrogens is 298 g/mol. The van der Waals surface area contributed by atoms with Crippen molar-refractivity contribution in [2.24, 2.45) is 0 Å². The molecule has 0 saturated heterocycles. The lowest BCUT2D eigenvalue weighted by Crippen LogP contribution is -2.34. The fraction of sp³-hybridized carbons (Fsp3) is 0.294. The van der Waals surface area contributed by atoms with E-state index < -0.39 is 12.0 Å². The monoisotopic (exact) mass is 317 g/mol. The molecule has 1 aromatic carbocycles. The van der Waals surface area contributed by atoms with Crippen molar-refractivity contribution in [3.63, 3.8) is 0 Å². The van der Waals surface area contributed by atoms with Gasteiger partial charge in [0.05, 0.1) is 6.42 Å². The molecule has 5 heteroatoms. The number of carbonyl (C=O) groups excluding carboxylic acids is 1.